The molecule has 2 saturated heterocycles. The third kappa shape index (κ3) is 6.63. The first-order valence-corrected chi connectivity index (χ1v) is 20.9. The van der Waals surface area contributed by atoms with E-state index in [1.807, 2.05) is 75.3 Å². The van der Waals surface area contributed by atoms with Crippen molar-refractivity contribution in [1.29, 1.82) is 0 Å². The van der Waals surface area contributed by atoms with Gasteiger partial charge in [-0.25, -0.2) is 19.6 Å². The van der Waals surface area contributed by atoms with Crippen LogP contribution in [0, 0.1) is 0 Å². The molecule has 58 heavy (non-hydrogen) atoms. The highest BCUT2D eigenvalue weighted by Gasteiger charge is 2.54. The van der Waals surface area contributed by atoms with Crippen LogP contribution >= 0.6 is 15.9 Å². The molecule has 0 amide bonds. The zero-order valence-corrected chi connectivity index (χ0v) is 35.3. The van der Waals surface area contributed by atoms with E-state index in [0.717, 1.165) is 52.5 Å². The fraction of sp³-hybridized carbons (Fsp3) is 0.500. The van der Waals surface area contributed by atoms with E-state index in [1.54, 1.807) is 25.6 Å². The maximum atomic E-state index is 14.9. The number of likely N-dealkylation sites (tertiary alicyclic amines) is 1. The summed E-state index contributed by atoms with van der Waals surface area (Å²) in [4.78, 5) is 64.5. The Labute approximate surface area is 344 Å². The van der Waals surface area contributed by atoms with E-state index in [2.05, 4.69) is 31.5 Å². The number of aromatic nitrogens is 4. The van der Waals surface area contributed by atoms with Crippen LogP contribution in [0.15, 0.2) is 72.2 Å². The van der Waals surface area contributed by atoms with Gasteiger partial charge in [-0.15, -0.1) is 0 Å². The van der Waals surface area contributed by atoms with Crippen molar-refractivity contribution in [3.8, 4) is 5.75 Å². The monoisotopic (exact) mass is 860 g/mol. The van der Waals surface area contributed by atoms with Crippen molar-refractivity contribution >= 4 is 38.9 Å². The molecule has 4 aliphatic heterocycles. The average Bonchev–Trinajstić information content (AvgIpc) is 3.89. The number of piperidine rings is 1. The summed E-state index contributed by atoms with van der Waals surface area (Å²) in [5.41, 5.74) is 7.38. The normalized spacial score (nSPS) is 21.0. The highest BCUT2D eigenvalue weighted by atomic mass is 79.9. The molecule has 310 valence electrons. The highest BCUT2D eigenvalue weighted by molar-refractivity contribution is 9.10. The van der Waals surface area contributed by atoms with Crippen molar-refractivity contribution in [2.75, 3.05) is 53.1 Å². The minimum Gasteiger partial charge on any atom is -0.497 e. The minimum atomic E-state index is -0.744. The van der Waals surface area contributed by atoms with E-state index < -0.39 is 35.1 Å². The summed E-state index contributed by atoms with van der Waals surface area (Å²) in [5, 5.41) is 11.4. The second-order valence-electron chi connectivity index (χ2n) is 15.5. The van der Waals surface area contributed by atoms with Gasteiger partial charge in [-0.05, 0) is 75.5 Å². The molecule has 2 aromatic carbocycles. The van der Waals surface area contributed by atoms with Gasteiger partial charge in [0, 0.05) is 69.9 Å². The summed E-state index contributed by atoms with van der Waals surface area (Å²) in [6.45, 7) is 7.47. The van der Waals surface area contributed by atoms with Crippen molar-refractivity contribution in [1.82, 2.24) is 33.8 Å². The standard InChI is InChI=1S/C40H53BrN12O5/c1-6-48-34-32(36(55)49(7-2)40(48)57)50(22-25-12-14-29(58-5)15-13-25)37(44-28-16-19-43-20-17-28)52(34)53-33-31(35(54)46(4)39(56)45(33)3)51(23-26-10-8-9-11-30(26)41)38(53)47-21-18-27(42)24-47/h8-15,27-28,37-38,43-44H,6-7,16-24,42H2,1-5H3. The lowest BCUT2D eigenvalue weighted by atomic mass is 10.1. The van der Waals surface area contributed by atoms with Crippen LogP contribution in [0.3, 0.4) is 0 Å². The van der Waals surface area contributed by atoms with Gasteiger partial charge in [-0.1, -0.05) is 46.3 Å². The first-order valence-electron chi connectivity index (χ1n) is 20.1. The predicted octanol–water partition coefficient (Wildman–Crippen LogP) is 1.43. The molecule has 3 unspecified atom stereocenters. The molecule has 0 aliphatic carbocycles. The first kappa shape index (κ1) is 39.9. The number of nitrogens with one attached hydrogen (secondary N) is 2. The van der Waals surface area contributed by atoms with Crippen molar-refractivity contribution in [3.05, 3.63) is 106 Å². The molecule has 18 heteroatoms. The maximum absolute atomic E-state index is 14.9. The van der Waals surface area contributed by atoms with Crippen molar-refractivity contribution in [2.45, 2.75) is 84.0 Å². The van der Waals surface area contributed by atoms with E-state index >= 15 is 0 Å². The van der Waals surface area contributed by atoms with Crippen LogP contribution in [0.5, 0.6) is 5.75 Å². The van der Waals surface area contributed by atoms with Crippen molar-refractivity contribution in [3.63, 3.8) is 0 Å². The summed E-state index contributed by atoms with van der Waals surface area (Å²) in [7, 11) is 4.79. The lowest BCUT2D eigenvalue weighted by Gasteiger charge is -2.47. The summed E-state index contributed by atoms with van der Waals surface area (Å²) < 4.78 is 11.9. The van der Waals surface area contributed by atoms with Crippen LogP contribution in [0.4, 0.5) is 23.0 Å². The predicted molar refractivity (Wildman–Crippen MR) is 228 cm³/mol. The van der Waals surface area contributed by atoms with Crippen molar-refractivity contribution < 1.29 is 4.74 Å². The smallest absolute Gasteiger partial charge is 0.332 e. The number of hydrazine groups is 1. The SMILES string of the molecule is CCn1c2c(c(=O)n(CC)c1=O)N(Cc1ccc(OC)cc1)C(NC1CCNCC1)N2N1c2c(c(=O)n(C)c(=O)n2C)N(Cc2ccccc2Br)C1N1CCC(N)C1. The van der Waals surface area contributed by atoms with Crippen molar-refractivity contribution in [2.24, 2.45) is 19.8 Å². The lowest BCUT2D eigenvalue weighted by molar-refractivity contribution is 0.215. The molecular weight excluding hydrogens is 808 g/mol. The van der Waals surface area contributed by atoms with E-state index in [1.165, 1.54) is 16.2 Å². The summed E-state index contributed by atoms with van der Waals surface area (Å²) in [6, 6.07) is 15.5. The van der Waals surface area contributed by atoms with E-state index in [9.17, 15) is 19.2 Å². The molecule has 4 aromatic rings. The third-order valence-corrected chi connectivity index (χ3v) is 12.8. The van der Waals surface area contributed by atoms with Gasteiger partial charge in [0.25, 0.3) is 11.1 Å². The number of anilines is 4. The van der Waals surface area contributed by atoms with Crippen LogP contribution in [-0.2, 0) is 40.3 Å². The number of methoxy groups -OCH3 is 1. The number of hydrogen-bond donors (Lipinski definition) is 3. The summed E-state index contributed by atoms with van der Waals surface area (Å²) >= 11 is 3.75. The Bertz CT molecular complexity index is 2420. The molecule has 0 bridgehead atoms. The third-order valence-electron chi connectivity index (χ3n) is 12.0. The minimum absolute atomic E-state index is 0.0289. The molecule has 8 rings (SSSR count). The van der Waals surface area contributed by atoms with E-state index in [-0.39, 0.29) is 25.2 Å². The highest BCUT2D eigenvalue weighted by Crippen LogP contribution is 2.47. The number of nitrogens with zero attached hydrogens (tertiary/aromatic N) is 9. The van der Waals surface area contributed by atoms with Gasteiger partial charge in [-0.2, -0.15) is 0 Å². The average molecular weight is 862 g/mol. The largest absolute Gasteiger partial charge is 0.497 e. The van der Waals surface area contributed by atoms with Crippen LogP contribution in [0.25, 0.3) is 0 Å². The molecule has 2 aromatic heterocycles. The fourth-order valence-corrected chi connectivity index (χ4v) is 9.42. The molecular formula is C40H53BrN12O5. The molecule has 4 N–H and O–H groups in total. The number of rotatable bonds is 11. The number of hydrogen-bond acceptors (Lipinski definition) is 13. The second kappa shape index (κ2) is 16.1. The van der Waals surface area contributed by atoms with Crippen LogP contribution in [0.1, 0.15) is 44.2 Å². The van der Waals surface area contributed by atoms with Gasteiger partial charge in [0.15, 0.2) is 24.2 Å². The molecule has 0 radical (unpaired) electrons. The Morgan fingerprint density at radius 1 is 0.810 bits per heavy atom. The van der Waals surface area contributed by atoms with E-state index in [0.29, 0.717) is 54.9 Å². The fourth-order valence-electron chi connectivity index (χ4n) is 9.01. The molecule has 17 nitrogen and oxygen atoms in total. The van der Waals surface area contributed by atoms with Crippen LogP contribution in [0.2, 0.25) is 0 Å². The Hall–Kier alpha value is -4.88. The molecule has 4 aliphatic rings. The molecule has 2 fully saturated rings. The van der Waals surface area contributed by atoms with Gasteiger partial charge >= 0.3 is 11.4 Å². The lowest BCUT2D eigenvalue weighted by Crippen LogP contribution is -2.68. The maximum Gasteiger partial charge on any atom is 0.332 e. The number of nitrogens with two attached hydrogens (primary N) is 1. The number of fused-ring (bicyclic) bond motifs is 2. The van der Waals surface area contributed by atoms with E-state index in [4.69, 9.17) is 10.5 Å². The Morgan fingerprint density at radius 3 is 2.14 bits per heavy atom. The molecule has 6 heterocycles. The van der Waals surface area contributed by atoms with Gasteiger partial charge in [-0.3, -0.25) is 38.1 Å². The quantitative estimate of drug-likeness (QED) is 0.199. The van der Waals surface area contributed by atoms with Gasteiger partial charge < -0.3 is 25.6 Å². The summed E-state index contributed by atoms with van der Waals surface area (Å²) in [5.74, 6) is 1.45. The first-order chi connectivity index (χ1) is 28.0. The zero-order valence-electron chi connectivity index (χ0n) is 33.7. The number of halogens is 1. The van der Waals surface area contributed by atoms with Gasteiger partial charge in [0.2, 0.25) is 0 Å². The summed E-state index contributed by atoms with van der Waals surface area (Å²) in [6.07, 6.45) is 0.928. The number of ether oxygens (including phenoxy) is 1. The number of benzene rings is 2. The van der Waals surface area contributed by atoms with Crippen LogP contribution < -0.4 is 63.4 Å². The van der Waals surface area contributed by atoms with Gasteiger partial charge in [0.05, 0.1) is 7.11 Å². The Balaban J connectivity index is 1.44. The molecule has 0 saturated carbocycles. The zero-order chi connectivity index (χ0) is 41.0. The Morgan fingerprint density at radius 2 is 1.50 bits per heavy atom. The molecule has 0 spiro atoms. The molecule has 3 atom stereocenters. The Kier molecular flexibility index (Phi) is 11.0. The van der Waals surface area contributed by atoms with Crippen LogP contribution in [-0.4, -0.2) is 81.1 Å². The van der Waals surface area contributed by atoms with Gasteiger partial charge in [0.1, 0.15) is 17.1 Å². The second-order valence-corrected chi connectivity index (χ2v) is 16.3. The topological polar surface area (TPSA) is 164 Å².